The van der Waals surface area contributed by atoms with Crippen LogP contribution >= 0.6 is 23.2 Å². The number of hydrogen-bond donors (Lipinski definition) is 2. The summed E-state index contributed by atoms with van der Waals surface area (Å²) in [6.07, 6.45) is 2.28. The van der Waals surface area contributed by atoms with Crippen molar-refractivity contribution in [1.29, 1.82) is 0 Å². The molecular weight excluding hydrogens is 409 g/mol. The zero-order valence-electron chi connectivity index (χ0n) is 14.8. The van der Waals surface area contributed by atoms with Crippen molar-refractivity contribution in [2.45, 2.75) is 19.8 Å². The fourth-order valence-corrected chi connectivity index (χ4v) is 3.00. The Morgan fingerprint density at radius 1 is 1.14 bits per heavy atom. The van der Waals surface area contributed by atoms with E-state index < -0.39 is 11.2 Å². The van der Waals surface area contributed by atoms with Gasteiger partial charge in [0.25, 0.3) is 11.1 Å². The number of halogens is 2. The van der Waals surface area contributed by atoms with E-state index in [4.69, 9.17) is 33.8 Å². The minimum absolute atomic E-state index is 0.00878. The van der Waals surface area contributed by atoms with E-state index in [1.165, 1.54) is 18.3 Å². The molecule has 146 valence electrons. The van der Waals surface area contributed by atoms with Crippen LogP contribution < -0.4 is 27.4 Å². The first-order valence-electron chi connectivity index (χ1n) is 8.05. The summed E-state index contributed by atoms with van der Waals surface area (Å²) in [5, 5.41) is 3.91. The zero-order chi connectivity index (χ0) is 20.6. The monoisotopic (exact) mass is 423 g/mol. The minimum Gasteiger partial charge on any atom is -0.453 e. The largest absolute Gasteiger partial charge is 0.453 e. The summed E-state index contributed by atoms with van der Waals surface area (Å²) < 4.78 is 7.01. The summed E-state index contributed by atoms with van der Waals surface area (Å²) in [6.45, 7) is 3.76. The second-order valence-corrected chi connectivity index (χ2v) is 6.98. The Morgan fingerprint density at radius 3 is 2.39 bits per heavy atom. The Bertz CT molecular complexity index is 1210. The Kier molecular flexibility index (Phi) is 5.30. The second kappa shape index (κ2) is 7.53. The van der Waals surface area contributed by atoms with Gasteiger partial charge in [-0.2, -0.15) is 14.5 Å². The normalized spacial score (nSPS) is 11.0. The van der Waals surface area contributed by atoms with Crippen molar-refractivity contribution >= 4 is 23.2 Å². The molecule has 3 rings (SSSR count). The number of aromatic amines is 1. The van der Waals surface area contributed by atoms with Gasteiger partial charge in [-0.05, 0) is 24.1 Å². The number of rotatable bonds is 4. The van der Waals surface area contributed by atoms with Gasteiger partial charge in [0.2, 0.25) is 0 Å². The summed E-state index contributed by atoms with van der Waals surface area (Å²) in [6, 6.07) is 4.37. The van der Waals surface area contributed by atoms with Crippen molar-refractivity contribution in [2.75, 3.05) is 5.84 Å². The van der Waals surface area contributed by atoms with Gasteiger partial charge in [-0.1, -0.05) is 37.0 Å². The summed E-state index contributed by atoms with van der Waals surface area (Å²) in [5.74, 6) is 5.85. The molecule has 0 saturated carbocycles. The molecule has 0 radical (unpaired) electrons. The molecule has 0 fully saturated rings. The topological polar surface area (TPSA) is 125 Å². The standard InChI is InChI=1S/C17H15Cl2N5O4/c1-8(2)11-5-10(6-21-16(11)26)28-15-12(18)3-9(4-13(15)19)24-17(27)23(20)14(25)7-22-24/h3-8H,20H2,1-2H3,(H,21,26). The fraction of sp³-hybridized carbons (Fsp3) is 0.176. The number of nitrogens with zero attached hydrogens (tertiary/aromatic N) is 3. The molecule has 0 spiro atoms. The quantitative estimate of drug-likeness (QED) is 0.618. The SMILES string of the molecule is CC(C)c1cc(Oc2c(Cl)cc(-n3ncc(=O)n(N)c3=O)cc2Cl)c[nH]c1=O. The van der Waals surface area contributed by atoms with E-state index in [9.17, 15) is 14.4 Å². The Labute approximate surface area is 167 Å². The average molecular weight is 424 g/mol. The highest BCUT2D eigenvalue weighted by atomic mass is 35.5. The van der Waals surface area contributed by atoms with Crippen LogP contribution in [0.1, 0.15) is 25.3 Å². The summed E-state index contributed by atoms with van der Waals surface area (Å²) >= 11 is 12.5. The maximum atomic E-state index is 12.1. The van der Waals surface area contributed by atoms with E-state index in [-0.39, 0.29) is 33.0 Å². The predicted octanol–water partition coefficient (Wildman–Crippen LogP) is 2.02. The van der Waals surface area contributed by atoms with Gasteiger partial charge in [0, 0.05) is 11.8 Å². The lowest BCUT2D eigenvalue weighted by Crippen LogP contribution is -2.44. The van der Waals surface area contributed by atoms with Crippen LogP contribution in [0.2, 0.25) is 10.0 Å². The number of benzene rings is 1. The van der Waals surface area contributed by atoms with Gasteiger partial charge in [0.15, 0.2) is 5.75 Å². The first-order chi connectivity index (χ1) is 13.2. The van der Waals surface area contributed by atoms with Gasteiger partial charge in [-0.3, -0.25) is 9.59 Å². The van der Waals surface area contributed by atoms with Crippen LogP contribution in [0, 0.1) is 0 Å². The van der Waals surface area contributed by atoms with Crippen molar-refractivity contribution in [3.05, 3.63) is 77.4 Å². The van der Waals surface area contributed by atoms with E-state index in [1.54, 1.807) is 6.07 Å². The number of nitrogen functional groups attached to an aromatic ring is 1. The molecule has 28 heavy (non-hydrogen) atoms. The van der Waals surface area contributed by atoms with Crippen molar-refractivity contribution in [3.63, 3.8) is 0 Å². The van der Waals surface area contributed by atoms with Crippen molar-refractivity contribution < 1.29 is 4.74 Å². The second-order valence-electron chi connectivity index (χ2n) is 6.16. The molecule has 0 aliphatic rings. The maximum Gasteiger partial charge on any atom is 0.370 e. The summed E-state index contributed by atoms with van der Waals surface area (Å²) in [5.41, 5.74) is -1.09. The molecule has 3 N–H and O–H groups in total. The lowest BCUT2D eigenvalue weighted by molar-refractivity contribution is 0.478. The molecular formula is C17H15Cl2N5O4. The van der Waals surface area contributed by atoms with E-state index >= 15 is 0 Å². The van der Waals surface area contributed by atoms with E-state index in [0.717, 1.165) is 10.9 Å². The van der Waals surface area contributed by atoms with Gasteiger partial charge in [0.05, 0.1) is 15.7 Å². The van der Waals surface area contributed by atoms with Crippen molar-refractivity contribution in [2.24, 2.45) is 0 Å². The van der Waals surface area contributed by atoms with Crippen molar-refractivity contribution in [3.8, 4) is 17.2 Å². The van der Waals surface area contributed by atoms with Gasteiger partial charge in [0.1, 0.15) is 11.9 Å². The molecule has 2 aromatic heterocycles. The molecule has 3 aromatic rings. The number of aromatic nitrogens is 4. The number of nitrogens with one attached hydrogen (secondary N) is 1. The predicted molar refractivity (Wildman–Crippen MR) is 105 cm³/mol. The highest BCUT2D eigenvalue weighted by Gasteiger charge is 2.15. The number of pyridine rings is 1. The molecule has 0 bridgehead atoms. The highest BCUT2D eigenvalue weighted by Crippen LogP contribution is 2.38. The third-order valence-electron chi connectivity index (χ3n) is 3.88. The number of nitrogens with two attached hydrogens (primary N) is 1. The average Bonchev–Trinajstić information content (AvgIpc) is 2.63. The molecule has 0 unspecified atom stereocenters. The minimum atomic E-state index is -0.865. The molecule has 1 aromatic carbocycles. The number of ether oxygens (including phenoxy) is 1. The molecule has 0 atom stereocenters. The molecule has 9 nitrogen and oxygen atoms in total. The Morgan fingerprint density at radius 2 is 1.79 bits per heavy atom. The van der Waals surface area contributed by atoms with Crippen LogP contribution in [-0.2, 0) is 0 Å². The first kappa shape index (κ1) is 19.7. The lowest BCUT2D eigenvalue weighted by atomic mass is 10.1. The van der Waals surface area contributed by atoms with Crippen LogP contribution in [0.4, 0.5) is 0 Å². The van der Waals surface area contributed by atoms with Crippen LogP contribution in [0.25, 0.3) is 5.69 Å². The zero-order valence-corrected chi connectivity index (χ0v) is 16.3. The van der Waals surface area contributed by atoms with E-state index in [1.807, 2.05) is 13.8 Å². The van der Waals surface area contributed by atoms with E-state index in [2.05, 4.69) is 10.1 Å². The Balaban J connectivity index is 2.03. The van der Waals surface area contributed by atoms with Crippen LogP contribution in [0.15, 0.2) is 45.0 Å². The molecule has 2 heterocycles. The molecule has 11 heteroatoms. The van der Waals surface area contributed by atoms with Crippen LogP contribution in [0.5, 0.6) is 11.5 Å². The maximum absolute atomic E-state index is 12.1. The number of H-pyrrole nitrogens is 1. The van der Waals surface area contributed by atoms with Gasteiger partial charge >= 0.3 is 5.69 Å². The summed E-state index contributed by atoms with van der Waals surface area (Å²) in [7, 11) is 0. The highest BCUT2D eigenvalue weighted by molar-refractivity contribution is 6.37. The fourth-order valence-electron chi connectivity index (χ4n) is 2.44. The van der Waals surface area contributed by atoms with Crippen molar-refractivity contribution in [1.82, 2.24) is 19.4 Å². The number of hydrogen-bond acceptors (Lipinski definition) is 6. The molecule has 0 amide bonds. The van der Waals surface area contributed by atoms with E-state index in [0.29, 0.717) is 16.0 Å². The third-order valence-corrected chi connectivity index (χ3v) is 4.44. The van der Waals surface area contributed by atoms with Crippen LogP contribution in [-0.4, -0.2) is 19.4 Å². The molecule has 0 aliphatic heterocycles. The summed E-state index contributed by atoms with van der Waals surface area (Å²) in [4.78, 5) is 37.9. The molecule has 0 saturated heterocycles. The van der Waals surface area contributed by atoms with Crippen LogP contribution in [0.3, 0.4) is 0 Å². The van der Waals surface area contributed by atoms with Gasteiger partial charge in [-0.15, -0.1) is 0 Å². The third kappa shape index (κ3) is 3.67. The first-order valence-corrected chi connectivity index (χ1v) is 8.81. The van der Waals surface area contributed by atoms with Gasteiger partial charge in [-0.25, -0.2) is 4.79 Å². The Hall–Kier alpha value is -3.04. The molecule has 0 aliphatic carbocycles. The lowest BCUT2D eigenvalue weighted by Gasteiger charge is -2.13. The smallest absolute Gasteiger partial charge is 0.370 e. The van der Waals surface area contributed by atoms with Gasteiger partial charge < -0.3 is 15.6 Å².